The Morgan fingerprint density at radius 3 is 2.67 bits per heavy atom. The lowest BCUT2D eigenvalue weighted by atomic mass is 9.71. The number of rotatable bonds is 11. The molecule has 2 amide bonds. The fourth-order valence-corrected chi connectivity index (χ4v) is 10.1. The van der Waals surface area contributed by atoms with E-state index >= 15 is 0 Å². The van der Waals surface area contributed by atoms with Crippen molar-refractivity contribution in [3.05, 3.63) is 67.8 Å². The predicted molar refractivity (Wildman–Crippen MR) is 158 cm³/mol. The summed E-state index contributed by atoms with van der Waals surface area (Å²) >= 11 is 5.36. The number of hydrogen-bond acceptors (Lipinski definition) is 6. The maximum Gasteiger partial charge on any atom is 0.311 e. The summed E-state index contributed by atoms with van der Waals surface area (Å²) in [5, 5.41) is 11.3. The lowest BCUT2D eigenvalue weighted by molar-refractivity contribution is -0.153. The van der Waals surface area contributed by atoms with E-state index in [2.05, 4.69) is 29.1 Å². The molecular weight excluding hydrogens is 580 g/mol. The largest absolute Gasteiger partial charge is 0.461 e. The molecule has 6 atom stereocenters. The van der Waals surface area contributed by atoms with Crippen LogP contribution >= 0.6 is 27.7 Å². The molecule has 39 heavy (non-hydrogen) atoms. The van der Waals surface area contributed by atoms with E-state index in [0.717, 1.165) is 16.5 Å². The lowest BCUT2D eigenvalue weighted by Gasteiger charge is -2.38. The first kappa shape index (κ1) is 27.9. The number of benzene rings is 2. The summed E-state index contributed by atoms with van der Waals surface area (Å²) in [7, 11) is 0. The third kappa shape index (κ3) is 4.72. The summed E-state index contributed by atoms with van der Waals surface area (Å²) in [6.45, 7) is 8.22. The molecule has 0 aliphatic carbocycles. The number of carbonyl (C=O) groups is 3. The van der Waals surface area contributed by atoms with Crippen molar-refractivity contribution < 1.29 is 24.2 Å². The second-order valence-electron chi connectivity index (χ2n) is 10.3. The fraction of sp³-hybridized carbons (Fsp3) is 0.433. The summed E-state index contributed by atoms with van der Waals surface area (Å²) in [5.74, 6) is -2.08. The molecule has 0 radical (unpaired) electrons. The number of likely N-dealkylation sites (tertiary alicyclic amines) is 1. The van der Waals surface area contributed by atoms with Crippen LogP contribution in [-0.4, -0.2) is 75.0 Å². The van der Waals surface area contributed by atoms with Gasteiger partial charge in [-0.25, -0.2) is 0 Å². The Bertz CT molecular complexity index is 1300. The van der Waals surface area contributed by atoms with Crippen LogP contribution in [0.25, 0.3) is 10.8 Å². The highest BCUT2D eigenvalue weighted by atomic mass is 79.9. The number of amides is 2. The Balaban J connectivity index is 1.56. The van der Waals surface area contributed by atoms with Gasteiger partial charge in [-0.3, -0.25) is 14.4 Å². The van der Waals surface area contributed by atoms with Gasteiger partial charge in [0.05, 0.1) is 16.6 Å². The molecule has 2 bridgehead atoms. The van der Waals surface area contributed by atoms with Crippen molar-refractivity contribution in [1.82, 2.24) is 4.90 Å². The average molecular weight is 614 g/mol. The van der Waals surface area contributed by atoms with Crippen molar-refractivity contribution in [2.75, 3.05) is 31.2 Å². The van der Waals surface area contributed by atoms with Crippen molar-refractivity contribution in [2.24, 2.45) is 11.8 Å². The van der Waals surface area contributed by atoms with Crippen molar-refractivity contribution in [3.8, 4) is 0 Å². The number of nitrogens with zero attached hydrogens (tertiary/aromatic N) is 2. The number of thioether (sulfide) groups is 1. The van der Waals surface area contributed by atoms with E-state index in [1.807, 2.05) is 42.5 Å². The molecule has 3 aliphatic rings. The molecule has 1 N–H and O–H groups in total. The van der Waals surface area contributed by atoms with Gasteiger partial charge in [0.25, 0.3) is 5.91 Å². The van der Waals surface area contributed by atoms with Crippen LogP contribution in [-0.2, 0) is 19.1 Å². The normalized spacial score (nSPS) is 28.9. The zero-order valence-corrected chi connectivity index (χ0v) is 24.1. The molecule has 3 heterocycles. The number of halogens is 1. The smallest absolute Gasteiger partial charge is 0.311 e. The Hall–Kier alpha value is -2.62. The number of aliphatic hydroxyl groups excluding tert-OH is 1. The molecule has 0 saturated carbocycles. The molecule has 3 fully saturated rings. The third-order valence-corrected chi connectivity index (χ3v) is 11.3. The molecule has 2 aromatic rings. The highest BCUT2D eigenvalue weighted by Crippen LogP contribution is 2.68. The van der Waals surface area contributed by atoms with Crippen molar-refractivity contribution in [1.29, 1.82) is 0 Å². The summed E-state index contributed by atoms with van der Waals surface area (Å²) < 4.78 is 4.69. The highest BCUT2D eigenvalue weighted by Gasteiger charge is 2.76. The lowest BCUT2D eigenvalue weighted by Crippen LogP contribution is -2.55. The van der Waals surface area contributed by atoms with E-state index in [-0.39, 0.29) is 41.6 Å². The van der Waals surface area contributed by atoms with Crippen LogP contribution in [0.1, 0.15) is 19.3 Å². The van der Waals surface area contributed by atoms with Crippen LogP contribution in [0.15, 0.2) is 67.8 Å². The minimum Gasteiger partial charge on any atom is -0.461 e. The number of carbonyl (C=O) groups excluding carboxylic acids is 3. The second kappa shape index (κ2) is 11.5. The van der Waals surface area contributed by atoms with Gasteiger partial charge in [0.1, 0.15) is 12.6 Å². The van der Waals surface area contributed by atoms with Crippen molar-refractivity contribution in [3.63, 3.8) is 0 Å². The summed E-state index contributed by atoms with van der Waals surface area (Å²) in [5.41, 5.74) is 0.732. The number of ether oxygens (including phenoxy) is 1. The average Bonchev–Trinajstić information content (AvgIpc) is 3.53. The standard InChI is InChI=1S/C30H33BrN2O5S/c1-3-13-32(21-12-11-19-9-5-6-10-20(19)17-21)28(36)26-30-18-22(31)25(39-30)23(29(37)38-16-4-2)24(30)27(35)33(26)14-7-8-15-34/h3-6,9-12,17,22-26,34H,1-2,7-8,13-16,18H2/t22?,23-,24+,25-,26?,30?/m1/s1. The van der Waals surface area contributed by atoms with Gasteiger partial charge >= 0.3 is 5.97 Å². The van der Waals surface area contributed by atoms with Crippen LogP contribution < -0.4 is 4.90 Å². The molecule has 9 heteroatoms. The van der Waals surface area contributed by atoms with Crippen molar-refractivity contribution in [2.45, 2.75) is 40.1 Å². The zero-order chi connectivity index (χ0) is 27.7. The number of alkyl halides is 1. The first-order valence-electron chi connectivity index (χ1n) is 13.3. The van der Waals surface area contributed by atoms with Crippen LogP contribution in [0.2, 0.25) is 0 Å². The van der Waals surface area contributed by atoms with Gasteiger partial charge in [-0.05, 0) is 42.2 Å². The second-order valence-corrected chi connectivity index (χ2v) is 13.0. The minimum atomic E-state index is -0.764. The van der Waals surface area contributed by atoms with Crippen molar-refractivity contribution >= 4 is 61.9 Å². The third-order valence-electron chi connectivity index (χ3n) is 8.07. The van der Waals surface area contributed by atoms with Gasteiger partial charge in [-0.15, -0.1) is 18.3 Å². The number of aliphatic hydroxyl groups is 1. The number of unbranched alkanes of at least 4 members (excludes halogenated alkanes) is 1. The summed E-state index contributed by atoms with van der Waals surface area (Å²) in [4.78, 5) is 45.3. The zero-order valence-electron chi connectivity index (χ0n) is 21.7. The van der Waals surface area contributed by atoms with Gasteiger partial charge < -0.3 is 19.6 Å². The minimum absolute atomic E-state index is 0.00565. The van der Waals surface area contributed by atoms with Gasteiger partial charge in [-0.2, -0.15) is 0 Å². The number of fused-ring (bicyclic) bond motifs is 2. The fourth-order valence-electron chi connectivity index (χ4n) is 6.49. The molecule has 3 unspecified atom stereocenters. The van der Waals surface area contributed by atoms with E-state index in [1.54, 1.807) is 27.6 Å². The Kier molecular flexibility index (Phi) is 8.21. The van der Waals surface area contributed by atoms with E-state index in [4.69, 9.17) is 4.74 Å². The number of hydrogen-bond donors (Lipinski definition) is 1. The molecule has 7 nitrogen and oxygen atoms in total. The first-order valence-corrected chi connectivity index (χ1v) is 15.1. The van der Waals surface area contributed by atoms with Crippen LogP contribution in [0, 0.1) is 11.8 Å². The maximum absolute atomic E-state index is 14.6. The first-order chi connectivity index (χ1) is 18.9. The quantitative estimate of drug-likeness (QED) is 0.176. The topological polar surface area (TPSA) is 87.2 Å². The molecule has 206 valence electrons. The molecular formula is C30H33BrN2O5S. The predicted octanol–water partition coefficient (Wildman–Crippen LogP) is 4.33. The van der Waals surface area contributed by atoms with Gasteiger partial charge in [0.2, 0.25) is 5.91 Å². The van der Waals surface area contributed by atoms with Gasteiger partial charge in [0, 0.05) is 35.5 Å². The van der Waals surface area contributed by atoms with E-state index in [0.29, 0.717) is 25.8 Å². The molecule has 5 rings (SSSR count). The summed E-state index contributed by atoms with van der Waals surface area (Å²) in [6.07, 6.45) is 4.88. The monoisotopic (exact) mass is 612 g/mol. The van der Waals surface area contributed by atoms with Gasteiger partial charge in [0.15, 0.2) is 0 Å². The van der Waals surface area contributed by atoms with E-state index in [9.17, 15) is 19.5 Å². The highest BCUT2D eigenvalue weighted by molar-refractivity contribution is 9.09. The van der Waals surface area contributed by atoms with Crippen LogP contribution in [0.3, 0.4) is 0 Å². The molecule has 3 saturated heterocycles. The van der Waals surface area contributed by atoms with E-state index in [1.165, 1.54) is 6.08 Å². The number of anilines is 1. The molecule has 0 aromatic heterocycles. The Labute approximate surface area is 241 Å². The molecule has 2 aromatic carbocycles. The summed E-state index contributed by atoms with van der Waals surface area (Å²) in [6, 6.07) is 13.1. The number of esters is 1. The molecule has 1 spiro atoms. The Morgan fingerprint density at radius 2 is 1.95 bits per heavy atom. The SMILES string of the molecule is C=CCOC(=O)[C@H]1[C@@H]2SC3(CC2Br)C(C(=O)N(CC=C)c2ccc4ccccc4c2)N(CCCCO)C(=O)[C@H]13. The Morgan fingerprint density at radius 1 is 1.18 bits per heavy atom. The van der Waals surface area contributed by atoms with Crippen LogP contribution in [0.5, 0.6) is 0 Å². The van der Waals surface area contributed by atoms with E-state index < -0.39 is 28.6 Å². The van der Waals surface area contributed by atoms with Crippen LogP contribution in [0.4, 0.5) is 5.69 Å². The van der Waals surface area contributed by atoms with Gasteiger partial charge in [-0.1, -0.05) is 65.0 Å². The maximum atomic E-state index is 14.6. The molecule has 3 aliphatic heterocycles.